The molecule has 1 rings (SSSR count). The molecule has 1 N–H and O–H groups in total. The molecule has 1 atom stereocenters. The molecular formula is C14H31N3. The zero-order valence-electron chi connectivity index (χ0n) is 12.4. The van der Waals surface area contributed by atoms with E-state index in [2.05, 4.69) is 50.1 Å². The molecule has 1 heterocycles. The normalized spacial score (nSPS) is 25.4. The number of rotatable bonds is 6. The van der Waals surface area contributed by atoms with Crippen molar-refractivity contribution in [2.75, 3.05) is 47.3 Å². The van der Waals surface area contributed by atoms with Crippen LogP contribution in [-0.2, 0) is 0 Å². The first-order chi connectivity index (χ1) is 7.95. The maximum Gasteiger partial charge on any atom is 0.0156 e. The van der Waals surface area contributed by atoms with Crippen LogP contribution in [0.25, 0.3) is 0 Å². The van der Waals surface area contributed by atoms with E-state index in [4.69, 9.17) is 0 Å². The van der Waals surface area contributed by atoms with Gasteiger partial charge in [0, 0.05) is 5.54 Å². The molecule has 1 saturated heterocycles. The minimum atomic E-state index is 0.381. The third-order valence-electron chi connectivity index (χ3n) is 3.98. The van der Waals surface area contributed by atoms with E-state index in [1.807, 2.05) is 0 Å². The predicted octanol–water partition coefficient (Wildman–Crippen LogP) is 1.65. The average molecular weight is 241 g/mol. The highest BCUT2D eigenvalue weighted by Crippen LogP contribution is 2.31. The van der Waals surface area contributed by atoms with Gasteiger partial charge in [-0.2, -0.15) is 0 Å². The van der Waals surface area contributed by atoms with E-state index in [1.54, 1.807) is 0 Å². The molecule has 1 unspecified atom stereocenters. The zero-order valence-corrected chi connectivity index (χ0v) is 12.4. The summed E-state index contributed by atoms with van der Waals surface area (Å²) in [5.41, 5.74) is 0.381. The Morgan fingerprint density at radius 1 is 1.35 bits per heavy atom. The van der Waals surface area contributed by atoms with Crippen molar-refractivity contribution >= 4 is 0 Å². The summed E-state index contributed by atoms with van der Waals surface area (Å²) >= 11 is 0. The van der Waals surface area contributed by atoms with Gasteiger partial charge in [0.1, 0.15) is 0 Å². The molecule has 1 aliphatic heterocycles. The van der Waals surface area contributed by atoms with Gasteiger partial charge in [0.2, 0.25) is 0 Å². The van der Waals surface area contributed by atoms with Crippen LogP contribution in [0.15, 0.2) is 0 Å². The van der Waals surface area contributed by atoms with Gasteiger partial charge >= 0.3 is 0 Å². The van der Waals surface area contributed by atoms with Crippen LogP contribution in [0.1, 0.15) is 33.1 Å². The second kappa shape index (κ2) is 6.72. The van der Waals surface area contributed by atoms with E-state index in [-0.39, 0.29) is 0 Å². The third-order valence-corrected chi connectivity index (χ3v) is 3.98. The predicted molar refractivity (Wildman–Crippen MR) is 75.5 cm³/mol. The van der Waals surface area contributed by atoms with Crippen LogP contribution in [0.3, 0.4) is 0 Å². The van der Waals surface area contributed by atoms with E-state index in [9.17, 15) is 0 Å². The number of likely N-dealkylation sites (tertiary alicyclic amines) is 1. The highest BCUT2D eigenvalue weighted by molar-refractivity contribution is 4.89. The highest BCUT2D eigenvalue weighted by Gasteiger charge is 2.33. The first-order valence-corrected chi connectivity index (χ1v) is 7.00. The summed E-state index contributed by atoms with van der Waals surface area (Å²) in [6.45, 7) is 9.71. The molecule has 3 nitrogen and oxygen atoms in total. The summed E-state index contributed by atoms with van der Waals surface area (Å²) in [6.07, 6.45) is 3.97. The van der Waals surface area contributed by atoms with Gasteiger partial charge in [-0.05, 0) is 86.3 Å². The molecule has 0 aromatic rings. The van der Waals surface area contributed by atoms with Crippen LogP contribution in [0, 0.1) is 5.92 Å². The zero-order chi connectivity index (χ0) is 12.9. The van der Waals surface area contributed by atoms with E-state index < -0.39 is 0 Å². The van der Waals surface area contributed by atoms with Gasteiger partial charge in [-0.1, -0.05) is 0 Å². The maximum absolute atomic E-state index is 3.32. The van der Waals surface area contributed by atoms with Crippen molar-refractivity contribution in [1.29, 1.82) is 0 Å². The second-order valence-corrected chi connectivity index (χ2v) is 6.37. The van der Waals surface area contributed by atoms with Gasteiger partial charge in [-0.3, -0.25) is 4.90 Å². The standard InChI is InChI=1S/C14H31N3/c1-14(2)11-13(12-15-3)7-10-17(14)9-6-8-16(4)5/h13,15H,6-12H2,1-5H3. The molecule has 0 bridgehead atoms. The Morgan fingerprint density at radius 3 is 2.59 bits per heavy atom. The molecule has 1 fully saturated rings. The summed E-state index contributed by atoms with van der Waals surface area (Å²) in [5, 5.41) is 3.32. The van der Waals surface area contributed by atoms with E-state index in [0.717, 1.165) is 5.92 Å². The van der Waals surface area contributed by atoms with Crippen molar-refractivity contribution in [3.63, 3.8) is 0 Å². The van der Waals surface area contributed by atoms with Crippen LogP contribution in [0.4, 0.5) is 0 Å². The van der Waals surface area contributed by atoms with Gasteiger partial charge < -0.3 is 10.2 Å². The smallest absolute Gasteiger partial charge is 0.0156 e. The SMILES string of the molecule is CNCC1CCN(CCCN(C)C)C(C)(C)C1. The van der Waals surface area contributed by atoms with Crippen molar-refractivity contribution in [3.8, 4) is 0 Å². The molecular weight excluding hydrogens is 210 g/mol. The summed E-state index contributed by atoms with van der Waals surface area (Å²) < 4.78 is 0. The quantitative estimate of drug-likeness (QED) is 0.763. The molecule has 17 heavy (non-hydrogen) atoms. The van der Waals surface area contributed by atoms with E-state index >= 15 is 0 Å². The summed E-state index contributed by atoms with van der Waals surface area (Å²) in [4.78, 5) is 4.96. The molecule has 0 aliphatic carbocycles. The Kier molecular flexibility index (Phi) is 5.90. The fourth-order valence-electron chi connectivity index (χ4n) is 3.03. The summed E-state index contributed by atoms with van der Waals surface area (Å²) in [7, 11) is 6.38. The van der Waals surface area contributed by atoms with Crippen LogP contribution < -0.4 is 5.32 Å². The van der Waals surface area contributed by atoms with Gasteiger partial charge in [0.25, 0.3) is 0 Å². The molecule has 0 aromatic carbocycles. The highest BCUT2D eigenvalue weighted by atomic mass is 15.2. The molecule has 1 aliphatic rings. The van der Waals surface area contributed by atoms with Crippen LogP contribution in [-0.4, -0.2) is 62.7 Å². The Morgan fingerprint density at radius 2 is 2.06 bits per heavy atom. The molecule has 0 amide bonds. The lowest BCUT2D eigenvalue weighted by molar-refractivity contribution is 0.0447. The lowest BCUT2D eigenvalue weighted by Crippen LogP contribution is -2.51. The third kappa shape index (κ3) is 4.94. The number of hydrogen-bond acceptors (Lipinski definition) is 3. The fraction of sp³-hybridized carbons (Fsp3) is 1.00. The number of piperidine rings is 1. The Labute approximate surface area is 108 Å². The van der Waals surface area contributed by atoms with E-state index in [1.165, 1.54) is 45.4 Å². The molecule has 0 aromatic heterocycles. The maximum atomic E-state index is 3.32. The van der Waals surface area contributed by atoms with Gasteiger partial charge in [-0.15, -0.1) is 0 Å². The van der Waals surface area contributed by atoms with Crippen LogP contribution in [0.5, 0.6) is 0 Å². The van der Waals surface area contributed by atoms with Crippen molar-refractivity contribution in [3.05, 3.63) is 0 Å². The topological polar surface area (TPSA) is 18.5 Å². The number of nitrogens with zero attached hydrogens (tertiary/aromatic N) is 2. The number of hydrogen-bond donors (Lipinski definition) is 1. The van der Waals surface area contributed by atoms with Gasteiger partial charge in [0.15, 0.2) is 0 Å². The second-order valence-electron chi connectivity index (χ2n) is 6.37. The Hall–Kier alpha value is -0.120. The minimum absolute atomic E-state index is 0.381. The molecule has 0 spiro atoms. The molecule has 0 saturated carbocycles. The summed E-state index contributed by atoms with van der Waals surface area (Å²) in [6, 6.07) is 0. The lowest BCUT2D eigenvalue weighted by atomic mass is 9.82. The molecule has 0 radical (unpaired) electrons. The van der Waals surface area contributed by atoms with Crippen LogP contribution in [0.2, 0.25) is 0 Å². The largest absolute Gasteiger partial charge is 0.319 e. The molecule has 102 valence electrons. The minimum Gasteiger partial charge on any atom is -0.319 e. The van der Waals surface area contributed by atoms with Crippen molar-refractivity contribution < 1.29 is 0 Å². The monoisotopic (exact) mass is 241 g/mol. The summed E-state index contributed by atoms with van der Waals surface area (Å²) in [5.74, 6) is 0.861. The Balaban J connectivity index is 2.36. The van der Waals surface area contributed by atoms with Crippen molar-refractivity contribution in [2.24, 2.45) is 5.92 Å². The Bertz CT molecular complexity index is 214. The average Bonchev–Trinajstić information content (AvgIpc) is 2.20. The van der Waals surface area contributed by atoms with Gasteiger partial charge in [-0.25, -0.2) is 0 Å². The first kappa shape index (κ1) is 14.9. The van der Waals surface area contributed by atoms with Crippen molar-refractivity contribution in [2.45, 2.75) is 38.6 Å². The van der Waals surface area contributed by atoms with Crippen LogP contribution >= 0.6 is 0 Å². The molecule has 3 heteroatoms. The number of nitrogens with one attached hydrogen (secondary N) is 1. The van der Waals surface area contributed by atoms with Crippen molar-refractivity contribution in [1.82, 2.24) is 15.1 Å². The first-order valence-electron chi connectivity index (χ1n) is 7.00. The van der Waals surface area contributed by atoms with Gasteiger partial charge in [0.05, 0.1) is 0 Å². The fourth-order valence-corrected chi connectivity index (χ4v) is 3.03. The van der Waals surface area contributed by atoms with E-state index in [0.29, 0.717) is 5.54 Å². The lowest BCUT2D eigenvalue weighted by Gasteiger charge is -2.46.